The van der Waals surface area contributed by atoms with E-state index in [-0.39, 0.29) is 10.8 Å². The molecule has 0 aliphatic carbocycles. The number of anilines is 1. The number of hydrogen-bond donors (Lipinski definition) is 1. The van der Waals surface area contributed by atoms with Crippen LogP contribution in [0, 0.1) is 0 Å². The van der Waals surface area contributed by atoms with Crippen molar-refractivity contribution in [2.45, 2.75) is 13.0 Å². The highest BCUT2D eigenvalue weighted by Gasteiger charge is 2.18. The van der Waals surface area contributed by atoms with Gasteiger partial charge in [0.05, 0.1) is 10.0 Å². The number of aromatic nitrogens is 1. The Morgan fingerprint density at radius 1 is 1.16 bits per heavy atom. The molecule has 0 fully saturated rings. The van der Waals surface area contributed by atoms with E-state index in [9.17, 15) is 9.59 Å². The predicted molar refractivity (Wildman–Crippen MR) is 95.4 cm³/mol. The van der Waals surface area contributed by atoms with E-state index in [1.54, 1.807) is 24.3 Å². The number of pyridine rings is 1. The monoisotopic (exact) mass is 402 g/mol. The van der Waals surface area contributed by atoms with Crippen molar-refractivity contribution in [2.24, 2.45) is 0 Å². The standard InChI is InChI=1S/C16H13Cl3N2O4/c1-9(25-12-4-2-10(17)3-5-12)16(23)24-8-14(22)21-15-13(19)6-11(18)7-20-15/h2-7,9H,8H2,1H3,(H,20,21,22)/t9-/m0/s1. The van der Waals surface area contributed by atoms with Crippen LogP contribution in [0.1, 0.15) is 6.92 Å². The van der Waals surface area contributed by atoms with Crippen molar-refractivity contribution in [1.82, 2.24) is 4.98 Å². The van der Waals surface area contributed by atoms with Gasteiger partial charge in [0.1, 0.15) is 5.75 Å². The van der Waals surface area contributed by atoms with Crippen molar-refractivity contribution >= 4 is 52.5 Å². The Balaban J connectivity index is 1.82. The van der Waals surface area contributed by atoms with Gasteiger partial charge in [-0.15, -0.1) is 0 Å². The van der Waals surface area contributed by atoms with Crippen molar-refractivity contribution in [3.8, 4) is 5.75 Å². The average Bonchev–Trinajstić information content (AvgIpc) is 2.57. The van der Waals surface area contributed by atoms with E-state index in [1.165, 1.54) is 19.2 Å². The topological polar surface area (TPSA) is 77.5 Å². The van der Waals surface area contributed by atoms with Crippen LogP contribution in [0.2, 0.25) is 15.1 Å². The van der Waals surface area contributed by atoms with E-state index in [2.05, 4.69) is 10.3 Å². The minimum absolute atomic E-state index is 0.123. The summed E-state index contributed by atoms with van der Waals surface area (Å²) in [7, 11) is 0. The third-order valence-corrected chi connectivity index (χ3v) is 3.62. The van der Waals surface area contributed by atoms with Crippen LogP contribution < -0.4 is 10.1 Å². The number of carbonyl (C=O) groups excluding carboxylic acids is 2. The van der Waals surface area contributed by atoms with E-state index in [0.29, 0.717) is 15.8 Å². The summed E-state index contributed by atoms with van der Waals surface area (Å²) in [6, 6.07) is 7.93. The Hall–Kier alpha value is -2.02. The minimum atomic E-state index is -0.897. The molecule has 6 nitrogen and oxygen atoms in total. The number of carbonyl (C=O) groups is 2. The largest absolute Gasteiger partial charge is 0.479 e. The van der Waals surface area contributed by atoms with Gasteiger partial charge in [-0.2, -0.15) is 0 Å². The van der Waals surface area contributed by atoms with E-state index in [0.717, 1.165) is 0 Å². The second-order valence-corrected chi connectivity index (χ2v) is 6.13. The lowest BCUT2D eigenvalue weighted by Gasteiger charge is -2.14. The zero-order chi connectivity index (χ0) is 18.4. The summed E-state index contributed by atoms with van der Waals surface area (Å²) < 4.78 is 10.3. The molecule has 0 aliphatic heterocycles. The van der Waals surface area contributed by atoms with Crippen molar-refractivity contribution in [2.75, 3.05) is 11.9 Å². The maximum atomic E-state index is 11.9. The highest BCUT2D eigenvalue weighted by atomic mass is 35.5. The van der Waals surface area contributed by atoms with Crippen molar-refractivity contribution < 1.29 is 19.1 Å². The van der Waals surface area contributed by atoms with Crippen LogP contribution >= 0.6 is 34.8 Å². The molecule has 1 amide bonds. The highest BCUT2D eigenvalue weighted by molar-refractivity contribution is 6.36. The van der Waals surface area contributed by atoms with E-state index < -0.39 is 24.6 Å². The highest BCUT2D eigenvalue weighted by Crippen LogP contribution is 2.22. The fourth-order valence-electron chi connectivity index (χ4n) is 1.69. The lowest BCUT2D eigenvalue weighted by molar-refractivity contribution is -0.153. The van der Waals surface area contributed by atoms with Gasteiger partial charge in [0.2, 0.25) is 0 Å². The summed E-state index contributed by atoms with van der Waals surface area (Å²) in [5, 5.41) is 3.47. The molecule has 0 aliphatic rings. The van der Waals surface area contributed by atoms with E-state index in [1.807, 2.05) is 0 Å². The van der Waals surface area contributed by atoms with Crippen molar-refractivity contribution in [3.05, 3.63) is 51.6 Å². The van der Waals surface area contributed by atoms with Gasteiger partial charge in [0.25, 0.3) is 5.91 Å². The third-order valence-electron chi connectivity index (χ3n) is 2.87. The van der Waals surface area contributed by atoms with Gasteiger partial charge in [0, 0.05) is 11.2 Å². The van der Waals surface area contributed by atoms with Crippen LogP contribution in [0.4, 0.5) is 5.82 Å². The Morgan fingerprint density at radius 3 is 2.48 bits per heavy atom. The SMILES string of the molecule is C[C@H](Oc1ccc(Cl)cc1)C(=O)OCC(=O)Nc1ncc(Cl)cc1Cl. The molecular formula is C16H13Cl3N2O4. The normalized spacial score (nSPS) is 11.5. The number of halogens is 3. The first kappa shape index (κ1) is 19.3. The van der Waals surface area contributed by atoms with Gasteiger partial charge in [0.15, 0.2) is 18.5 Å². The lowest BCUT2D eigenvalue weighted by atomic mass is 10.3. The molecule has 1 aromatic carbocycles. The van der Waals surface area contributed by atoms with Crippen LogP contribution in [0.3, 0.4) is 0 Å². The van der Waals surface area contributed by atoms with Gasteiger partial charge >= 0.3 is 5.97 Å². The second kappa shape index (κ2) is 8.89. The van der Waals surface area contributed by atoms with Crippen LogP contribution in [0.25, 0.3) is 0 Å². The number of esters is 1. The number of benzene rings is 1. The molecule has 1 N–H and O–H groups in total. The molecule has 0 unspecified atom stereocenters. The van der Waals surface area contributed by atoms with E-state index in [4.69, 9.17) is 44.3 Å². The Morgan fingerprint density at radius 2 is 1.84 bits per heavy atom. The predicted octanol–water partition coefficient (Wildman–Crippen LogP) is 3.99. The molecule has 0 radical (unpaired) electrons. The van der Waals surface area contributed by atoms with Crippen LogP contribution in [-0.4, -0.2) is 29.6 Å². The van der Waals surface area contributed by atoms with Gasteiger partial charge in [-0.1, -0.05) is 34.8 Å². The quantitative estimate of drug-likeness (QED) is 0.738. The number of amides is 1. The second-order valence-electron chi connectivity index (χ2n) is 4.85. The minimum Gasteiger partial charge on any atom is -0.479 e. The van der Waals surface area contributed by atoms with Crippen molar-refractivity contribution in [3.63, 3.8) is 0 Å². The van der Waals surface area contributed by atoms with Crippen molar-refractivity contribution in [1.29, 1.82) is 0 Å². The molecule has 0 spiro atoms. The molecule has 132 valence electrons. The fraction of sp³-hybridized carbons (Fsp3) is 0.188. The number of ether oxygens (including phenoxy) is 2. The molecule has 1 atom stereocenters. The van der Waals surface area contributed by atoms with Gasteiger partial charge in [-0.3, -0.25) is 4.79 Å². The van der Waals surface area contributed by atoms with Gasteiger partial charge < -0.3 is 14.8 Å². The maximum absolute atomic E-state index is 11.9. The fourth-order valence-corrected chi connectivity index (χ4v) is 2.25. The smallest absolute Gasteiger partial charge is 0.347 e. The summed E-state index contributed by atoms with van der Waals surface area (Å²) >= 11 is 17.4. The van der Waals surface area contributed by atoms with Crippen LogP contribution in [0.5, 0.6) is 5.75 Å². The Bertz CT molecular complexity index is 768. The molecule has 1 heterocycles. The molecule has 25 heavy (non-hydrogen) atoms. The zero-order valence-electron chi connectivity index (χ0n) is 13.0. The molecule has 2 rings (SSSR count). The van der Waals surface area contributed by atoms with Gasteiger partial charge in [-0.25, -0.2) is 9.78 Å². The molecule has 0 saturated carbocycles. The summed E-state index contributed by atoms with van der Waals surface area (Å²) in [4.78, 5) is 27.5. The molecule has 2 aromatic rings. The van der Waals surface area contributed by atoms with Crippen LogP contribution in [0.15, 0.2) is 36.5 Å². The number of nitrogens with one attached hydrogen (secondary N) is 1. The molecule has 1 aromatic heterocycles. The Kier molecular flexibility index (Phi) is 6.87. The number of hydrogen-bond acceptors (Lipinski definition) is 5. The first-order valence-corrected chi connectivity index (χ1v) is 8.18. The lowest BCUT2D eigenvalue weighted by Crippen LogP contribution is -2.29. The Labute approximate surface area is 159 Å². The van der Waals surface area contributed by atoms with Crippen LogP contribution in [-0.2, 0) is 14.3 Å². The summed E-state index contributed by atoms with van der Waals surface area (Å²) in [5.74, 6) is -0.711. The molecular weight excluding hydrogens is 391 g/mol. The number of rotatable bonds is 6. The van der Waals surface area contributed by atoms with Gasteiger partial charge in [-0.05, 0) is 37.3 Å². The summed E-state index contributed by atoms with van der Waals surface area (Å²) in [5.41, 5.74) is 0. The zero-order valence-corrected chi connectivity index (χ0v) is 15.2. The van der Waals surface area contributed by atoms with E-state index >= 15 is 0 Å². The number of nitrogens with zero attached hydrogens (tertiary/aromatic N) is 1. The molecule has 9 heteroatoms. The third kappa shape index (κ3) is 6.08. The average molecular weight is 404 g/mol. The summed E-state index contributed by atoms with van der Waals surface area (Å²) in [6.45, 7) is 1.00. The first-order valence-electron chi connectivity index (χ1n) is 7.05. The first-order chi connectivity index (χ1) is 11.8. The molecule has 0 saturated heterocycles. The molecule has 0 bridgehead atoms. The summed E-state index contributed by atoms with van der Waals surface area (Å²) in [6.07, 6.45) is 0.433. The maximum Gasteiger partial charge on any atom is 0.347 e.